The number of amides is 1. The van der Waals surface area contributed by atoms with Gasteiger partial charge >= 0.3 is 19.8 Å². The number of benzene rings is 3. The van der Waals surface area contributed by atoms with Crippen LogP contribution in [0.1, 0.15) is 249 Å². The molecule has 0 spiro atoms. The minimum absolute atomic E-state index is 0.0295. The van der Waals surface area contributed by atoms with Gasteiger partial charge in [-0.25, -0.2) is 4.57 Å². The molecule has 460 valence electrons. The lowest BCUT2D eigenvalue weighted by Crippen LogP contribution is -2.36. The van der Waals surface area contributed by atoms with Gasteiger partial charge in [-0.05, 0) is 78.8 Å². The molecule has 0 aliphatic carbocycles. The van der Waals surface area contributed by atoms with Crippen LogP contribution in [0.4, 0.5) is 0 Å². The Balaban J connectivity index is 1.41. The Morgan fingerprint density at radius 2 is 0.963 bits per heavy atom. The van der Waals surface area contributed by atoms with E-state index in [2.05, 4.69) is 55.3 Å². The van der Waals surface area contributed by atoms with Gasteiger partial charge in [0.1, 0.15) is 12.4 Å². The fourth-order valence-electron chi connectivity index (χ4n) is 10.1. The first-order chi connectivity index (χ1) is 40.0. The number of nitrogens with one attached hydrogen (secondary N) is 2. The fourth-order valence-corrected chi connectivity index (χ4v) is 10.9. The van der Waals surface area contributed by atoms with Crippen LogP contribution < -0.4 is 21.1 Å². The third kappa shape index (κ3) is 36.7. The Bertz CT molecular complexity index is 2190. The van der Waals surface area contributed by atoms with Gasteiger partial charge in [-0.15, -0.1) is 0 Å². The molecular formula is C68H108N3O10P. The van der Waals surface area contributed by atoms with Crippen LogP contribution in [0, 0.1) is 0 Å². The van der Waals surface area contributed by atoms with Gasteiger partial charge < -0.3 is 35.5 Å². The topological polar surface area (TPSA) is 185 Å². The van der Waals surface area contributed by atoms with E-state index in [4.69, 9.17) is 29.0 Å². The normalized spacial score (nSPS) is 12.8. The largest absolute Gasteiger partial charge is 0.472 e. The van der Waals surface area contributed by atoms with Crippen LogP contribution >= 0.6 is 7.82 Å². The molecule has 0 heterocycles. The maximum absolute atomic E-state index is 13.0. The van der Waals surface area contributed by atoms with Crippen LogP contribution in [0.2, 0.25) is 0 Å². The van der Waals surface area contributed by atoms with Crippen LogP contribution in [-0.4, -0.2) is 68.3 Å². The Kier molecular flexibility index (Phi) is 41.5. The summed E-state index contributed by atoms with van der Waals surface area (Å²) in [7, 11) is -4.64. The summed E-state index contributed by atoms with van der Waals surface area (Å²) in [5.74, 6) is -0.495. The van der Waals surface area contributed by atoms with Gasteiger partial charge in [-0.1, -0.05) is 266 Å². The van der Waals surface area contributed by atoms with Crippen molar-refractivity contribution in [2.45, 2.75) is 238 Å². The number of nitrogens with two attached hydrogens (primary N) is 1. The van der Waals surface area contributed by atoms with Crippen molar-refractivity contribution >= 4 is 36.8 Å². The van der Waals surface area contributed by atoms with Crippen LogP contribution in [0.3, 0.4) is 0 Å². The van der Waals surface area contributed by atoms with Crippen molar-refractivity contribution in [1.29, 1.82) is 0 Å². The molecule has 0 aliphatic rings. The Morgan fingerprint density at radius 3 is 1.44 bits per heavy atom. The van der Waals surface area contributed by atoms with Crippen molar-refractivity contribution in [1.82, 2.24) is 10.6 Å². The zero-order valence-electron chi connectivity index (χ0n) is 50.8. The van der Waals surface area contributed by atoms with Gasteiger partial charge in [-0.3, -0.25) is 23.4 Å². The third-order valence-corrected chi connectivity index (χ3v) is 15.7. The molecule has 0 aromatic heterocycles. The number of phosphoric ester groups is 1. The lowest BCUT2D eigenvalue weighted by molar-refractivity contribution is -0.161. The Hall–Kier alpha value is -4.78. The molecule has 3 aromatic carbocycles. The zero-order valence-corrected chi connectivity index (χ0v) is 51.7. The molecule has 0 aliphatic heterocycles. The molecule has 1 amide bonds. The van der Waals surface area contributed by atoms with Crippen molar-refractivity contribution in [2.24, 2.45) is 5.73 Å². The predicted octanol–water partition coefficient (Wildman–Crippen LogP) is 17.1. The number of carbonyl (C=O) groups is 3. The number of phosphoric acid groups is 1. The minimum Gasteiger partial charge on any atom is -0.462 e. The third-order valence-electron chi connectivity index (χ3n) is 14.7. The molecule has 3 aromatic rings. The number of esters is 2. The average molecular weight is 1160 g/mol. The second-order valence-electron chi connectivity index (χ2n) is 22.1. The molecule has 82 heavy (non-hydrogen) atoms. The average Bonchev–Trinajstić information content (AvgIpc) is 3.50. The monoisotopic (exact) mass is 1160 g/mol. The minimum atomic E-state index is -4.64. The number of ether oxygens (including phenoxy) is 3. The molecule has 0 saturated heterocycles. The summed E-state index contributed by atoms with van der Waals surface area (Å²) < 4.78 is 40.1. The van der Waals surface area contributed by atoms with Gasteiger partial charge in [0.15, 0.2) is 12.0 Å². The predicted molar refractivity (Wildman–Crippen MR) is 336 cm³/mol. The van der Waals surface area contributed by atoms with E-state index < -0.39 is 32.5 Å². The molecule has 0 fully saturated rings. The molecule has 14 heteroatoms. The maximum atomic E-state index is 13.0. The number of allylic oxidation sites excluding steroid dienone is 1. The van der Waals surface area contributed by atoms with E-state index in [1.807, 2.05) is 60.7 Å². The molecule has 3 rings (SSSR count). The van der Waals surface area contributed by atoms with Crippen LogP contribution in [0.15, 0.2) is 97.4 Å². The molecule has 1 unspecified atom stereocenters. The van der Waals surface area contributed by atoms with Crippen molar-refractivity contribution in [3.8, 4) is 5.75 Å². The lowest BCUT2D eigenvalue weighted by Gasteiger charge is -2.20. The van der Waals surface area contributed by atoms with E-state index in [-0.39, 0.29) is 50.9 Å². The highest BCUT2D eigenvalue weighted by atomic mass is 31.2. The van der Waals surface area contributed by atoms with E-state index in [0.717, 1.165) is 72.8 Å². The molecule has 0 saturated carbocycles. The lowest BCUT2D eigenvalue weighted by atomic mass is 9.87. The van der Waals surface area contributed by atoms with E-state index >= 15 is 0 Å². The Labute approximate surface area is 495 Å². The molecule has 13 nitrogen and oxygen atoms in total. The van der Waals surface area contributed by atoms with Gasteiger partial charge in [0.2, 0.25) is 5.91 Å². The highest BCUT2D eigenvalue weighted by Gasteiger charge is 2.26. The van der Waals surface area contributed by atoms with Crippen molar-refractivity contribution in [3.63, 3.8) is 0 Å². The molecular weight excluding hydrogens is 1050 g/mol. The van der Waals surface area contributed by atoms with E-state index in [1.54, 1.807) is 0 Å². The van der Waals surface area contributed by atoms with Gasteiger partial charge in [0.05, 0.1) is 19.8 Å². The van der Waals surface area contributed by atoms with Gasteiger partial charge in [0, 0.05) is 19.4 Å². The van der Waals surface area contributed by atoms with Crippen molar-refractivity contribution in [3.05, 3.63) is 114 Å². The number of hydrogen-bond donors (Lipinski definition) is 4. The second kappa shape index (κ2) is 47.6. The summed E-state index contributed by atoms with van der Waals surface area (Å²) in [6, 6.07) is 28.2. The first-order valence-corrected chi connectivity index (χ1v) is 33.5. The second-order valence-corrected chi connectivity index (χ2v) is 23.6. The van der Waals surface area contributed by atoms with Gasteiger partial charge in [-0.2, -0.15) is 0 Å². The summed E-state index contributed by atoms with van der Waals surface area (Å²) in [6.45, 7) is 7.56. The van der Waals surface area contributed by atoms with Crippen molar-refractivity contribution < 1.29 is 47.1 Å². The summed E-state index contributed by atoms with van der Waals surface area (Å²) >= 11 is 0. The molecule has 5 N–H and O–H groups in total. The summed E-state index contributed by atoms with van der Waals surface area (Å²) in [6.07, 6.45) is 37.4. The van der Waals surface area contributed by atoms with Crippen LogP contribution in [-0.2, 0) is 37.5 Å². The smallest absolute Gasteiger partial charge is 0.462 e. The van der Waals surface area contributed by atoms with Gasteiger partial charge in [0.25, 0.3) is 0 Å². The standard InChI is InChI=1S/C68H108N3O10P/c1-4-6-8-10-12-14-16-18-20-22-24-26-28-30-38-46-66(73)77-56-63(81-67(74)47-39-31-29-27-25-23-21-19-17-15-13-11-9-7-5-2)57-79-82(75,76)78-54-53-71-65(72)55-70-52-40-45-64(59-41-34-32-35-42-59)68(60-43-36-33-37-44-60)61-48-50-62(51-49-61)80-58(3)69/h32-37,41-44,48-51,63,70H,3-31,38-40,45-47,52-57,69H2,1-2H3,(H,71,72)(H,75,76)/b68-64-/t63-/m1/s1. The summed E-state index contributed by atoms with van der Waals surface area (Å²) in [5, 5.41) is 5.93. The SMILES string of the molecule is C=C(N)Oc1ccc(/C(=C(/CCCNCC(=O)NCCOP(=O)(O)OC[C@@H](COC(=O)CCCCCCCCCCCCCCCCC)OC(=O)CCCCCCCCCCCCCCCCC)c2ccccc2)c2ccccc2)cc1. The van der Waals surface area contributed by atoms with Crippen LogP contribution in [0.25, 0.3) is 11.1 Å². The van der Waals surface area contributed by atoms with E-state index in [1.165, 1.54) is 141 Å². The first kappa shape index (κ1) is 71.5. The number of unbranched alkanes of at least 4 members (excludes halogenated alkanes) is 28. The number of carbonyl (C=O) groups excluding carboxylic acids is 3. The summed E-state index contributed by atoms with van der Waals surface area (Å²) in [5.41, 5.74) is 11.1. The quantitative estimate of drug-likeness (QED) is 0.0138. The zero-order chi connectivity index (χ0) is 59.0. The summed E-state index contributed by atoms with van der Waals surface area (Å²) in [4.78, 5) is 49.2. The number of rotatable bonds is 53. The first-order valence-electron chi connectivity index (χ1n) is 32.0. The molecule has 2 atom stereocenters. The maximum Gasteiger partial charge on any atom is 0.472 e. The highest BCUT2D eigenvalue weighted by Crippen LogP contribution is 2.43. The fraction of sp³-hybridized carbons (Fsp3) is 0.632. The van der Waals surface area contributed by atoms with E-state index in [0.29, 0.717) is 31.6 Å². The van der Waals surface area contributed by atoms with Crippen LogP contribution in [0.5, 0.6) is 5.75 Å². The molecule has 0 bridgehead atoms. The molecule has 0 radical (unpaired) electrons. The Morgan fingerprint density at radius 1 is 0.524 bits per heavy atom. The van der Waals surface area contributed by atoms with Crippen molar-refractivity contribution in [2.75, 3.05) is 39.5 Å². The number of hydrogen-bond acceptors (Lipinski definition) is 11. The van der Waals surface area contributed by atoms with E-state index in [9.17, 15) is 23.8 Å². The highest BCUT2D eigenvalue weighted by molar-refractivity contribution is 7.47.